The van der Waals surface area contributed by atoms with E-state index in [4.69, 9.17) is 0 Å². The third kappa shape index (κ3) is 2.68. The lowest BCUT2D eigenvalue weighted by atomic mass is 10.0. The molecule has 2 nitrogen and oxygen atoms in total. The first-order valence-corrected chi connectivity index (χ1v) is 5.70. The molecule has 0 unspecified atom stereocenters. The van der Waals surface area contributed by atoms with Gasteiger partial charge in [0.1, 0.15) is 0 Å². The zero-order valence-electron chi connectivity index (χ0n) is 8.92. The van der Waals surface area contributed by atoms with Crippen LogP contribution < -0.4 is 5.32 Å². The highest BCUT2D eigenvalue weighted by Gasteiger charge is 2.28. The van der Waals surface area contributed by atoms with Crippen LogP contribution in [-0.4, -0.2) is 37.1 Å². The molecule has 0 aromatic heterocycles. The van der Waals surface area contributed by atoms with Crippen LogP contribution in [0, 0.1) is 11.8 Å². The molecule has 1 aliphatic heterocycles. The van der Waals surface area contributed by atoms with E-state index in [-0.39, 0.29) is 0 Å². The molecule has 13 heavy (non-hydrogen) atoms. The van der Waals surface area contributed by atoms with Crippen molar-refractivity contribution in [1.82, 2.24) is 10.2 Å². The van der Waals surface area contributed by atoms with Crippen molar-refractivity contribution < 1.29 is 0 Å². The van der Waals surface area contributed by atoms with Gasteiger partial charge in [-0.25, -0.2) is 0 Å². The smallest absolute Gasteiger partial charge is 0.00388 e. The van der Waals surface area contributed by atoms with Gasteiger partial charge in [-0.15, -0.1) is 0 Å². The Morgan fingerprint density at radius 3 is 2.15 bits per heavy atom. The van der Waals surface area contributed by atoms with Crippen LogP contribution in [0.1, 0.15) is 26.7 Å². The van der Waals surface area contributed by atoms with Gasteiger partial charge in [-0.2, -0.15) is 0 Å². The second-order valence-electron chi connectivity index (χ2n) is 5.02. The summed E-state index contributed by atoms with van der Waals surface area (Å²) >= 11 is 0. The average molecular weight is 182 g/mol. The molecule has 1 saturated heterocycles. The summed E-state index contributed by atoms with van der Waals surface area (Å²) in [6.45, 7) is 9.82. The molecule has 1 N–H and O–H groups in total. The van der Waals surface area contributed by atoms with Gasteiger partial charge in [-0.3, -0.25) is 0 Å². The number of nitrogens with one attached hydrogen (secondary N) is 1. The fraction of sp³-hybridized carbons (Fsp3) is 1.00. The lowest BCUT2D eigenvalue weighted by Crippen LogP contribution is -2.50. The van der Waals surface area contributed by atoms with Crippen molar-refractivity contribution in [3.05, 3.63) is 0 Å². The summed E-state index contributed by atoms with van der Waals surface area (Å²) < 4.78 is 0. The zero-order chi connectivity index (χ0) is 9.26. The molecule has 2 aliphatic rings. The van der Waals surface area contributed by atoms with E-state index in [1.54, 1.807) is 0 Å². The molecule has 0 aromatic carbocycles. The molecular weight excluding hydrogens is 160 g/mol. The summed E-state index contributed by atoms with van der Waals surface area (Å²) in [6.07, 6.45) is 2.96. The van der Waals surface area contributed by atoms with Gasteiger partial charge >= 0.3 is 0 Å². The topological polar surface area (TPSA) is 15.3 Å². The van der Waals surface area contributed by atoms with Crippen LogP contribution in [0.2, 0.25) is 0 Å². The Balaban J connectivity index is 1.73. The third-order valence-corrected chi connectivity index (χ3v) is 3.28. The van der Waals surface area contributed by atoms with E-state index in [9.17, 15) is 0 Å². The highest BCUT2D eigenvalue weighted by molar-refractivity contribution is 4.83. The molecule has 0 aromatic rings. The first-order chi connectivity index (χ1) is 6.25. The van der Waals surface area contributed by atoms with E-state index in [2.05, 4.69) is 24.1 Å². The maximum atomic E-state index is 3.35. The van der Waals surface area contributed by atoms with Crippen LogP contribution in [0.5, 0.6) is 0 Å². The Hall–Kier alpha value is -0.0800. The highest BCUT2D eigenvalue weighted by atomic mass is 15.2. The maximum Gasteiger partial charge on any atom is 0.00388 e. The fourth-order valence-corrected chi connectivity index (χ4v) is 1.94. The molecule has 1 aliphatic carbocycles. The summed E-state index contributed by atoms with van der Waals surface area (Å²) in [5.74, 6) is 1.97. The Labute approximate surface area is 81.7 Å². The van der Waals surface area contributed by atoms with Crippen LogP contribution in [0.3, 0.4) is 0 Å². The van der Waals surface area contributed by atoms with Crippen molar-refractivity contribution in [1.29, 1.82) is 0 Å². The summed E-state index contributed by atoms with van der Waals surface area (Å²) in [6, 6.07) is 0.737. The summed E-state index contributed by atoms with van der Waals surface area (Å²) in [5.41, 5.74) is 0. The lowest BCUT2D eigenvalue weighted by Gasteiger charge is -2.35. The molecule has 0 bridgehead atoms. The molecule has 2 heteroatoms. The van der Waals surface area contributed by atoms with Gasteiger partial charge in [-0.05, 0) is 38.5 Å². The van der Waals surface area contributed by atoms with Gasteiger partial charge in [0.15, 0.2) is 0 Å². The maximum absolute atomic E-state index is 3.35. The minimum absolute atomic E-state index is 0.737. The molecule has 0 amide bonds. The monoisotopic (exact) mass is 182 g/mol. The summed E-state index contributed by atoms with van der Waals surface area (Å²) in [5, 5.41) is 3.35. The average Bonchev–Trinajstić information content (AvgIpc) is 2.76. The number of hydrogen-bond donors (Lipinski definition) is 1. The molecule has 0 spiro atoms. The summed E-state index contributed by atoms with van der Waals surface area (Å²) in [4.78, 5) is 2.67. The standard InChI is InChI=1S/C11H22N2/c1-9(2)13(7-10-3-4-10)8-11-5-12-6-11/h9-12H,3-8H2,1-2H3. The van der Waals surface area contributed by atoms with Gasteiger partial charge in [0.05, 0.1) is 0 Å². The van der Waals surface area contributed by atoms with Crippen molar-refractivity contribution in [2.24, 2.45) is 11.8 Å². The predicted molar refractivity (Wildman–Crippen MR) is 55.8 cm³/mol. The minimum Gasteiger partial charge on any atom is -0.316 e. The SMILES string of the molecule is CC(C)N(CC1CC1)CC1CNC1. The molecule has 0 atom stereocenters. The second kappa shape index (κ2) is 3.97. The number of nitrogens with zero attached hydrogens (tertiary/aromatic N) is 1. The van der Waals surface area contributed by atoms with Gasteiger partial charge in [0.2, 0.25) is 0 Å². The number of rotatable bonds is 5. The third-order valence-electron chi connectivity index (χ3n) is 3.28. The van der Waals surface area contributed by atoms with Gasteiger partial charge < -0.3 is 10.2 Å². The van der Waals surface area contributed by atoms with E-state index < -0.39 is 0 Å². The first kappa shape index (κ1) is 9.47. The highest BCUT2D eigenvalue weighted by Crippen LogP contribution is 2.30. The van der Waals surface area contributed by atoms with E-state index >= 15 is 0 Å². The largest absolute Gasteiger partial charge is 0.316 e. The van der Waals surface area contributed by atoms with E-state index in [0.29, 0.717) is 0 Å². The summed E-state index contributed by atoms with van der Waals surface area (Å²) in [7, 11) is 0. The fourth-order valence-electron chi connectivity index (χ4n) is 1.94. The first-order valence-electron chi connectivity index (χ1n) is 5.70. The van der Waals surface area contributed by atoms with Gasteiger partial charge in [0.25, 0.3) is 0 Å². The molecule has 76 valence electrons. The lowest BCUT2D eigenvalue weighted by molar-refractivity contribution is 0.153. The van der Waals surface area contributed by atoms with Gasteiger partial charge in [0, 0.05) is 32.2 Å². The van der Waals surface area contributed by atoms with Crippen LogP contribution >= 0.6 is 0 Å². The quantitative estimate of drug-likeness (QED) is 0.690. The van der Waals surface area contributed by atoms with Crippen molar-refractivity contribution in [3.8, 4) is 0 Å². The Kier molecular flexibility index (Phi) is 2.89. The Bertz CT molecular complexity index is 159. The molecule has 0 radical (unpaired) electrons. The Morgan fingerprint density at radius 1 is 1.15 bits per heavy atom. The van der Waals surface area contributed by atoms with E-state index in [1.165, 1.54) is 39.0 Å². The minimum atomic E-state index is 0.737. The van der Waals surface area contributed by atoms with Crippen molar-refractivity contribution in [2.45, 2.75) is 32.7 Å². The second-order valence-corrected chi connectivity index (χ2v) is 5.02. The van der Waals surface area contributed by atoms with Crippen molar-refractivity contribution >= 4 is 0 Å². The normalized spacial score (nSPS) is 24.0. The molecule has 1 heterocycles. The van der Waals surface area contributed by atoms with Gasteiger partial charge in [-0.1, -0.05) is 0 Å². The number of hydrogen-bond acceptors (Lipinski definition) is 2. The van der Waals surface area contributed by atoms with Crippen molar-refractivity contribution in [2.75, 3.05) is 26.2 Å². The predicted octanol–water partition coefficient (Wildman–Crippen LogP) is 1.33. The molecule has 2 rings (SSSR count). The molecule has 1 saturated carbocycles. The van der Waals surface area contributed by atoms with E-state index in [0.717, 1.165) is 17.9 Å². The van der Waals surface area contributed by atoms with Crippen molar-refractivity contribution in [3.63, 3.8) is 0 Å². The van der Waals surface area contributed by atoms with Crippen LogP contribution in [0.4, 0.5) is 0 Å². The molecular formula is C11H22N2. The zero-order valence-corrected chi connectivity index (χ0v) is 8.92. The van der Waals surface area contributed by atoms with Crippen LogP contribution in [0.15, 0.2) is 0 Å². The molecule has 2 fully saturated rings. The Morgan fingerprint density at radius 2 is 1.77 bits per heavy atom. The van der Waals surface area contributed by atoms with Crippen LogP contribution in [0.25, 0.3) is 0 Å². The van der Waals surface area contributed by atoms with Crippen LogP contribution in [-0.2, 0) is 0 Å². The van der Waals surface area contributed by atoms with E-state index in [1.807, 2.05) is 0 Å².